The molecule has 0 aliphatic carbocycles. The van der Waals surface area contributed by atoms with Gasteiger partial charge in [0, 0.05) is 16.1 Å². The Kier molecular flexibility index (Phi) is 6.06. The smallest absolute Gasteiger partial charge is 0.325 e. The summed E-state index contributed by atoms with van der Waals surface area (Å²) in [6, 6.07) is 12.3. The Morgan fingerprint density at radius 2 is 1.86 bits per heavy atom. The first kappa shape index (κ1) is 19.6. The van der Waals surface area contributed by atoms with Gasteiger partial charge in [0.1, 0.15) is 6.54 Å². The fourth-order valence-corrected chi connectivity index (χ4v) is 2.49. The minimum absolute atomic E-state index is 0.152. The van der Waals surface area contributed by atoms with Crippen LogP contribution in [-0.2, 0) is 16.1 Å². The number of ether oxygens (including phenoxy) is 1. The molecule has 1 amide bonds. The second-order valence-electron chi connectivity index (χ2n) is 6.16. The molecule has 0 fully saturated rings. The van der Waals surface area contributed by atoms with Gasteiger partial charge < -0.3 is 14.6 Å². The van der Waals surface area contributed by atoms with Crippen molar-refractivity contribution in [1.29, 1.82) is 0 Å². The third kappa shape index (κ3) is 4.95. The van der Waals surface area contributed by atoms with Crippen LogP contribution in [0.4, 0.5) is 0 Å². The molecule has 0 aliphatic rings. The first-order chi connectivity index (χ1) is 13.4. The zero-order chi connectivity index (χ0) is 20.1. The molecule has 7 nitrogen and oxygen atoms in total. The second kappa shape index (κ2) is 8.67. The minimum atomic E-state index is -0.608. The largest absolute Gasteiger partial charge is 0.454 e. The number of nitrogens with zero attached hydrogens (tertiary/aromatic N) is 2. The maximum atomic E-state index is 12.1. The van der Waals surface area contributed by atoms with Crippen LogP contribution in [0.1, 0.15) is 27.4 Å². The van der Waals surface area contributed by atoms with Gasteiger partial charge in [-0.15, -0.1) is 0 Å². The van der Waals surface area contributed by atoms with Gasteiger partial charge in [-0.3, -0.25) is 9.59 Å². The van der Waals surface area contributed by atoms with Crippen LogP contribution >= 0.6 is 11.6 Å². The van der Waals surface area contributed by atoms with E-state index in [1.807, 2.05) is 19.9 Å². The number of amides is 1. The molecule has 0 unspecified atom stereocenters. The summed E-state index contributed by atoms with van der Waals surface area (Å²) in [6.07, 6.45) is 0. The zero-order valence-corrected chi connectivity index (χ0v) is 16.1. The van der Waals surface area contributed by atoms with Crippen molar-refractivity contribution in [3.8, 4) is 11.4 Å². The molecule has 1 aromatic heterocycles. The average Bonchev–Trinajstić information content (AvgIpc) is 3.16. The van der Waals surface area contributed by atoms with E-state index in [2.05, 4.69) is 15.5 Å². The van der Waals surface area contributed by atoms with E-state index in [0.29, 0.717) is 16.4 Å². The lowest BCUT2D eigenvalue weighted by Gasteiger charge is -2.07. The van der Waals surface area contributed by atoms with Crippen molar-refractivity contribution in [3.63, 3.8) is 0 Å². The summed E-state index contributed by atoms with van der Waals surface area (Å²) in [6.45, 7) is 3.44. The lowest BCUT2D eigenvalue weighted by atomic mass is 10.1. The highest BCUT2D eigenvalue weighted by atomic mass is 35.5. The number of hydrogen-bond donors (Lipinski definition) is 1. The Labute approximate surface area is 166 Å². The number of nitrogens with one attached hydrogen (secondary N) is 1. The Morgan fingerprint density at radius 1 is 1.11 bits per heavy atom. The van der Waals surface area contributed by atoms with Crippen molar-refractivity contribution in [2.24, 2.45) is 0 Å². The molecule has 0 aliphatic heterocycles. The highest BCUT2D eigenvalue weighted by Crippen LogP contribution is 2.18. The van der Waals surface area contributed by atoms with Crippen LogP contribution in [0.25, 0.3) is 11.4 Å². The predicted molar refractivity (Wildman–Crippen MR) is 103 cm³/mol. The van der Waals surface area contributed by atoms with Crippen molar-refractivity contribution in [1.82, 2.24) is 15.5 Å². The molecule has 0 saturated carbocycles. The lowest BCUT2D eigenvalue weighted by Crippen LogP contribution is -2.30. The Balaban J connectivity index is 1.48. The summed E-state index contributed by atoms with van der Waals surface area (Å²) >= 11 is 5.84. The lowest BCUT2D eigenvalue weighted by molar-refractivity contribution is -0.144. The van der Waals surface area contributed by atoms with Gasteiger partial charge in [-0.2, -0.15) is 4.98 Å². The minimum Gasteiger partial charge on any atom is -0.454 e. The number of aryl methyl sites for hydroxylation is 2. The van der Waals surface area contributed by atoms with E-state index in [1.54, 1.807) is 36.4 Å². The Hall–Kier alpha value is -3.19. The van der Waals surface area contributed by atoms with E-state index < -0.39 is 5.97 Å². The van der Waals surface area contributed by atoms with Gasteiger partial charge in [0.05, 0.1) is 0 Å². The summed E-state index contributed by atoms with van der Waals surface area (Å²) in [4.78, 5) is 28.1. The van der Waals surface area contributed by atoms with Gasteiger partial charge in [0.25, 0.3) is 11.8 Å². The second-order valence-corrected chi connectivity index (χ2v) is 6.60. The molecule has 3 aromatic rings. The third-order valence-corrected chi connectivity index (χ3v) is 4.34. The van der Waals surface area contributed by atoms with Gasteiger partial charge in [-0.1, -0.05) is 22.8 Å². The standard InChI is InChI=1S/C20H18ClN3O4/c1-12-3-4-15(9-13(12)2)20(26)22-10-18(25)27-11-17-23-19(24-28-17)14-5-7-16(21)8-6-14/h3-9H,10-11H2,1-2H3,(H,22,26). The van der Waals surface area contributed by atoms with Crippen LogP contribution in [-0.4, -0.2) is 28.6 Å². The van der Waals surface area contributed by atoms with Gasteiger partial charge in [-0.05, 0) is 61.4 Å². The molecule has 1 heterocycles. The molecule has 0 bridgehead atoms. The summed E-state index contributed by atoms with van der Waals surface area (Å²) < 4.78 is 10.1. The van der Waals surface area contributed by atoms with Gasteiger partial charge >= 0.3 is 5.97 Å². The van der Waals surface area contributed by atoms with Gasteiger partial charge in [-0.25, -0.2) is 0 Å². The number of benzene rings is 2. The summed E-state index contributed by atoms with van der Waals surface area (Å²) in [7, 11) is 0. The number of carbonyl (C=O) groups is 2. The van der Waals surface area contributed by atoms with Crippen molar-refractivity contribution >= 4 is 23.5 Å². The number of esters is 1. The molecule has 0 spiro atoms. The molecule has 0 radical (unpaired) electrons. The van der Waals surface area contributed by atoms with Crippen LogP contribution in [0.3, 0.4) is 0 Å². The molecule has 0 atom stereocenters. The SMILES string of the molecule is Cc1ccc(C(=O)NCC(=O)OCc2nc(-c3ccc(Cl)cc3)no2)cc1C. The van der Waals surface area contributed by atoms with E-state index >= 15 is 0 Å². The van der Waals surface area contributed by atoms with E-state index in [9.17, 15) is 9.59 Å². The zero-order valence-electron chi connectivity index (χ0n) is 15.4. The van der Waals surface area contributed by atoms with Crippen molar-refractivity contribution in [2.45, 2.75) is 20.5 Å². The molecule has 8 heteroatoms. The van der Waals surface area contributed by atoms with Crippen LogP contribution < -0.4 is 5.32 Å². The molecule has 2 aromatic carbocycles. The predicted octanol–water partition coefficient (Wildman–Crippen LogP) is 3.48. The molecule has 144 valence electrons. The molecule has 3 rings (SSSR count). The Bertz CT molecular complexity index is 999. The van der Waals surface area contributed by atoms with Crippen LogP contribution in [0.5, 0.6) is 0 Å². The van der Waals surface area contributed by atoms with E-state index in [1.165, 1.54) is 0 Å². The van der Waals surface area contributed by atoms with E-state index in [0.717, 1.165) is 16.7 Å². The van der Waals surface area contributed by atoms with E-state index in [-0.39, 0.29) is 24.9 Å². The maximum absolute atomic E-state index is 12.1. The molecule has 1 N–H and O–H groups in total. The Morgan fingerprint density at radius 3 is 2.57 bits per heavy atom. The van der Waals surface area contributed by atoms with Crippen molar-refractivity contribution < 1.29 is 18.8 Å². The van der Waals surface area contributed by atoms with Crippen molar-refractivity contribution in [2.75, 3.05) is 6.54 Å². The number of halogens is 1. The van der Waals surface area contributed by atoms with Crippen LogP contribution in [0.2, 0.25) is 5.02 Å². The quantitative estimate of drug-likeness (QED) is 0.638. The summed E-state index contributed by atoms with van der Waals surface area (Å²) in [5.74, 6) is -0.434. The average molecular weight is 400 g/mol. The first-order valence-electron chi connectivity index (χ1n) is 8.52. The fourth-order valence-electron chi connectivity index (χ4n) is 2.36. The highest BCUT2D eigenvalue weighted by Gasteiger charge is 2.13. The summed E-state index contributed by atoms with van der Waals surface area (Å²) in [5.41, 5.74) is 3.31. The fraction of sp³-hybridized carbons (Fsp3) is 0.200. The molecular formula is C20H18ClN3O4. The molecular weight excluding hydrogens is 382 g/mol. The monoisotopic (exact) mass is 399 g/mol. The van der Waals surface area contributed by atoms with Gasteiger partial charge in [0.2, 0.25) is 5.82 Å². The maximum Gasteiger partial charge on any atom is 0.325 e. The van der Waals surface area contributed by atoms with E-state index in [4.69, 9.17) is 20.9 Å². The normalized spacial score (nSPS) is 10.5. The first-order valence-corrected chi connectivity index (χ1v) is 8.90. The molecule has 28 heavy (non-hydrogen) atoms. The number of hydrogen-bond acceptors (Lipinski definition) is 6. The third-order valence-electron chi connectivity index (χ3n) is 4.09. The number of rotatable bonds is 6. The van der Waals surface area contributed by atoms with Crippen molar-refractivity contribution in [3.05, 3.63) is 70.1 Å². The number of aromatic nitrogens is 2. The molecule has 0 saturated heterocycles. The van der Waals surface area contributed by atoms with Crippen LogP contribution in [0.15, 0.2) is 47.0 Å². The highest BCUT2D eigenvalue weighted by molar-refractivity contribution is 6.30. The van der Waals surface area contributed by atoms with Gasteiger partial charge in [0.15, 0.2) is 6.61 Å². The summed E-state index contributed by atoms with van der Waals surface area (Å²) in [5, 5.41) is 6.96. The number of carbonyl (C=O) groups excluding carboxylic acids is 2. The van der Waals surface area contributed by atoms with Crippen LogP contribution in [0, 0.1) is 13.8 Å². The topological polar surface area (TPSA) is 94.3 Å².